The number of benzene rings is 1. The van der Waals surface area contributed by atoms with Gasteiger partial charge in [-0.25, -0.2) is 9.78 Å². The van der Waals surface area contributed by atoms with Crippen molar-refractivity contribution in [3.05, 3.63) is 54.9 Å². The van der Waals surface area contributed by atoms with Crippen LogP contribution in [0.3, 0.4) is 0 Å². The second kappa shape index (κ2) is 10.3. The van der Waals surface area contributed by atoms with Gasteiger partial charge >= 0.3 is 6.09 Å². The van der Waals surface area contributed by atoms with Crippen LogP contribution >= 0.6 is 0 Å². The summed E-state index contributed by atoms with van der Waals surface area (Å²) in [5.41, 5.74) is 1.87. The third kappa shape index (κ3) is 6.60. The molecule has 0 radical (unpaired) electrons. The molecular formula is C23H26N8O4. The summed E-state index contributed by atoms with van der Waals surface area (Å²) < 4.78 is 11.0. The van der Waals surface area contributed by atoms with Crippen molar-refractivity contribution in [3.8, 4) is 34.3 Å². The number of carbonyl (C=O) groups excluding carboxylic acids is 1. The van der Waals surface area contributed by atoms with E-state index >= 15 is 0 Å². The molecule has 1 atom stereocenters. The first-order chi connectivity index (χ1) is 16.8. The number of hydrogen-bond donors (Lipinski definition) is 3. The van der Waals surface area contributed by atoms with E-state index in [1.54, 1.807) is 63.5 Å². The maximum absolute atomic E-state index is 11.9. The monoisotopic (exact) mass is 478 g/mol. The molecule has 182 valence electrons. The summed E-state index contributed by atoms with van der Waals surface area (Å²) in [5.74, 6) is 1.45. The van der Waals surface area contributed by atoms with Gasteiger partial charge in [0, 0.05) is 29.6 Å². The van der Waals surface area contributed by atoms with Gasteiger partial charge < -0.3 is 19.9 Å². The molecule has 0 aliphatic heterocycles. The van der Waals surface area contributed by atoms with Crippen molar-refractivity contribution in [3.63, 3.8) is 0 Å². The minimum Gasteiger partial charge on any atom is -0.444 e. The Hall–Kier alpha value is -4.32. The summed E-state index contributed by atoms with van der Waals surface area (Å²) in [6.45, 7) is 5.11. The number of nitrogens with one attached hydrogen (secondary N) is 2. The summed E-state index contributed by atoms with van der Waals surface area (Å²) >= 11 is 0. The molecule has 0 unspecified atom stereocenters. The van der Waals surface area contributed by atoms with E-state index in [0.717, 1.165) is 16.8 Å². The first-order valence-corrected chi connectivity index (χ1v) is 10.9. The Morgan fingerprint density at radius 2 is 1.91 bits per heavy atom. The Balaban J connectivity index is 1.35. The summed E-state index contributed by atoms with van der Waals surface area (Å²) in [6.07, 6.45) is 2.76. The number of nitrogens with zero attached hydrogens (tertiary/aromatic N) is 6. The average molecular weight is 479 g/mol. The van der Waals surface area contributed by atoms with E-state index in [-0.39, 0.29) is 13.2 Å². The molecule has 1 aromatic carbocycles. The lowest BCUT2D eigenvalue weighted by atomic mass is 10.2. The number of pyridine rings is 1. The fourth-order valence-corrected chi connectivity index (χ4v) is 3.07. The summed E-state index contributed by atoms with van der Waals surface area (Å²) in [5, 5.41) is 31.4. The minimum absolute atomic E-state index is 0.129. The SMILES string of the molecule is CC(C)(C)OC(=O)N[C@H](CO)Cn1nnc(-c2ccc(Oc3ccc(-c4ccn[nH]4)cn3)cc2)n1. The molecule has 0 saturated heterocycles. The normalized spacial score (nSPS) is 12.2. The van der Waals surface area contributed by atoms with Crippen LogP contribution in [0.5, 0.6) is 11.6 Å². The van der Waals surface area contributed by atoms with Gasteiger partial charge in [0.05, 0.1) is 24.9 Å². The second-order valence-electron chi connectivity index (χ2n) is 8.68. The predicted molar refractivity (Wildman–Crippen MR) is 125 cm³/mol. The van der Waals surface area contributed by atoms with Gasteiger partial charge in [0.2, 0.25) is 11.7 Å². The molecule has 4 rings (SSSR count). The number of aromatic nitrogens is 7. The first kappa shape index (κ1) is 23.8. The average Bonchev–Trinajstić information content (AvgIpc) is 3.51. The zero-order chi connectivity index (χ0) is 24.8. The molecular weight excluding hydrogens is 452 g/mol. The third-order valence-electron chi connectivity index (χ3n) is 4.66. The van der Waals surface area contributed by atoms with Gasteiger partial charge in [-0.2, -0.15) is 9.90 Å². The number of tetrazole rings is 1. The second-order valence-corrected chi connectivity index (χ2v) is 8.68. The molecule has 3 heterocycles. The molecule has 0 aliphatic rings. The van der Waals surface area contributed by atoms with Crippen molar-refractivity contribution >= 4 is 6.09 Å². The number of H-pyrrole nitrogens is 1. The number of amides is 1. The lowest BCUT2D eigenvalue weighted by Gasteiger charge is -2.22. The highest BCUT2D eigenvalue weighted by molar-refractivity contribution is 5.68. The van der Waals surface area contributed by atoms with Crippen LogP contribution in [-0.2, 0) is 11.3 Å². The fourth-order valence-electron chi connectivity index (χ4n) is 3.07. The van der Waals surface area contributed by atoms with Crippen LogP contribution in [0, 0.1) is 0 Å². The molecule has 3 N–H and O–H groups in total. The first-order valence-electron chi connectivity index (χ1n) is 10.9. The number of rotatable bonds is 8. The number of carbonyl (C=O) groups is 1. The minimum atomic E-state index is -0.641. The van der Waals surface area contributed by atoms with Crippen LogP contribution in [0.25, 0.3) is 22.6 Å². The van der Waals surface area contributed by atoms with E-state index in [2.05, 4.69) is 35.9 Å². The predicted octanol–water partition coefficient (Wildman–Crippen LogP) is 2.80. The van der Waals surface area contributed by atoms with E-state index in [1.165, 1.54) is 4.80 Å². The highest BCUT2D eigenvalue weighted by Gasteiger charge is 2.20. The summed E-state index contributed by atoms with van der Waals surface area (Å²) in [4.78, 5) is 17.6. The van der Waals surface area contributed by atoms with Crippen molar-refractivity contribution in [2.24, 2.45) is 0 Å². The van der Waals surface area contributed by atoms with Gasteiger partial charge in [-0.05, 0) is 62.4 Å². The largest absolute Gasteiger partial charge is 0.444 e. The summed E-state index contributed by atoms with van der Waals surface area (Å²) in [7, 11) is 0. The van der Waals surface area contributed by atoms with Crippen molar-refractivity contribution in [2.75, 3.05) is 6.61 Å². The zero-order valence-electron chi connectivity index (χ0n) is 19.5. The summed E-state index contributed by atoms with van der Waals surface area (Å²) in [6, 6.07) is 12.1. The van der Waals surface area contributed by atoms with Crippen LogP contribution in [0.4, 0.5) is 4.79 Å². The van der Waals surface area contributed by atoms with Crippen molar-refractivity contribution in [2.45, 2.75) is 39.0 Å². The smallest absolute Gasteiger partial charge is 0.408 e. The highest BCUT2D eigenvalue weighted by atomic mass is 16.6. The van der Waals surface area contributed by atoms with Crippen LogP contribution in [0.15, 0.2) is 54.9 Å². The molecule has 0 aliphatic carbocycles. The molecule has 12 nitrogen and oxygen atoms in total. The fraction of sp³-hybridized carbons (Fsp3) is 0.304. The number of ether oxygens (including phenoxy) is 2. The van der Waals surface area contributed by atoms with Gasteiger partial charge in [0.1, 0.15) is 11.4 Å². The Labute approximate surface area is 201 Å². The highest BCUT2D eigenvalue weighted by Crippen LogP contribution is 2.24. The Morgan fingerprint density at radius 3 is 2.54 bits per heavy atom. The van der Waals surface area contributed by atoms with E-state index in [1.807, 2.05) is 12.1 Å². The number of aliphatic hydroxyl groups excluding tert-OH is 1. The molecule has 3 aromatic heterocycles. The molecule has 4 aromatic rings. The Morgan fingerprint density at radius 1 is 1.14 bits per heavy atom. The van der Waals surface area contributed by atoms with Crippen LogP contribution in [-0.4, -0.2) is 64.8 Å². The lowest BCUT2D eigenvalue weighted by Crippen LogP contribution is -2.43. The van der Waals surface area contributed by atoms with Crippen molar-refractivity contribution in [1.82, 2.24) is 40.7 Å². The Bertz CT molecular complexity index is 1230. The van der Waals surface area contributed by atoms with E-state index < -0.39 is 17.7 Å². The van der Waals surface area contributed by atoms with Gasteiger partial charge in [-0.15, -0.1) is 10.2 Å². The van der Waals surface area contributed by atoms with Gasteiger partial charge in [0.15, 0.2) is 0 Å². The Kier molecular flexibility index (Phi) is 7.01. The zero-order valence-corrected chi connectivity index (χ0v) is 19.5. The lowest BCUT2D eigenvalue weighted by molar-refractivity contribution is 0.0472. The van der Waals surface area contributed by atoms with E-state index in [0.29, 0.717) is 17.5 Å². The van der Waals surface area contributed by atoms with Gasteiger partial charge in [-0.3, -0.25) is 5.10 Å². The number of hydrogen-bond acceptors (Lipinski definition) is 9. The van der Waals surface area contributed by atoms with Crippen molar-refractivity contribution in [1.29, 1.82) is 0 Å². The maximum atomic E-state index is 11.9. The molecule has 12 heteroatoms. The molecule has 0 saturated carbocycles. The molecule has 35 heavy (non-hydrogen) atoms. The van der Waals surface area contributed by atoms with Crippen LogP contribution in [0.1, 0.15) is 20.8 Å². The molecule has 0 fully saturated rings. The number of aliphatic hydroxyl groups is 1. The van der Waals surface area contributed by atoms with Crippen LogP contribution < -0.4 is 10.1 Å². The number of aromatic amines is 1. The van der Waals surface area contributed by atoms with E-state index in [4.69, 9.17) is 9.47 Å². The molecule has 1 amide bonds. The molecule has 0 bridgehead atoms. The quantitative estimate of drug-likeness (QED) is 0.347. The third-order valence-corrected chi connectivity index (χ3v) is 4.66. The van der Waals surface area contributed by atoms with E-state index in [9.17, 15) is 9.90 Å². The number of alkyl carbamates (subject to hydrolysis) is 1. The van der Waals surface area contributed by atoms with Gasteiger partial charge in [-0.1, -0.05) is 0 Å². The van der Waals surface area contributed by atoms with Gasteiger partial charge in [0.25, 0.3) is 0 Å². The molecule has 0 spiro atoms. The standard InChI is InChI=1S/C23H26N8O4/c1-23(2,3)35-22(33)26-17(14-32)13-31-29-21(28-30-31)15-4-7-18(8-5-15)34-20-9-6-16(12-24-20)19-10-11-25-27-19/h4-12,17,32H,13-14H2,1-3H3,(H,25,27)(H,26,33)/t17-/m0/s1. The maximum Gasteiger partial charge on any atom is 0.408 e. The van der Waals surface area contributed by atoms with Crippen LogP contribution in [0.2, 0.25) is 0 Å². The van der Waals surface area contributed by atoms with Crippen molar-refractivity contribution < 1.29 is 19.4 Å². The topological polar surface area (TPSA) is 153 Å².